The highest BCUT2D eigenvalue weighted by atomic mass is 19.1. The number of methoxy groups -OCH3 is 1. The van der Waals surface area contributed by atoms with Crippen LogP contribution in [0.4, 0.5) is 4.39 Å². The van der Waals surface area contributed by atoms with E-state index in [0.29, 0.717) is 11.7 Å². The lowest BCUT2D eigenvalue weighted by Gasteiger charge is -2.19. The first-order valence-corrected chi connectivity index (χ1v) is 5.59. The summed E-state index contributed by atoms with van der Waals surface area (Å²) in [6, 6.07) is 5.32. The van der Waals surface area contributed by atoms with Crippen molar-refractivity contribution in [3.05, 3.63) is 29.6 Å². The molecule has 1 unspecified atom stereocenters. The zero-order chi connectivity index (χ0) is 12.1. The molecule has 1 aromatic rings. The summed E-state index contributed by atoms with van der Waals surface area (Å²) in [6.07, 6.45) is 0.988. The second kappa shape index (κ2) is 5.85. The van der Waals surface area contributed by atoms with E-state index in [1.807, 2.05) is 13.1 Å². The molecule has 0 saturated carbocycles. The Bertz CT molecular complexity index is 339. The molecule has 0 aliphatic heterocycles. The lowest BCUT2D eigenvalue weighted by Crippen LogP contribution is -2.18. The Morgan fingerprint density at radius 2 is 2.06 bits per heavy atom. The predicted octanol–water partition coefficient (Wildman–Crippen LogP) is 3.14. The van der Waals surface area contributed by atoms with Crippen LogP contribution in [0.2, 0.25) is 0 Å². The van der Waals surface area contributed by atoms with Crippen LogP contribution in [0.5, 0.6) is 5.75 Å². The van der Waals surface area contributed by atoms with Gasteiger partial charge in [-0.3, -0.25) is 0 Å². The zero-order valence-corrected chi connectivity index (χ0v) is 10.4. The van der Waals surface area contributed by atoms with Crippen molar-refractivity contribution in [2.75, 3.05) is 14.2 Å². The molecule has 3 heteroatoms. The van der Waals surface area contributed by atoms with Crippen molar-refractivity contribution < 1.29 is 9.13 Å². The fraction of sp³-hybridized carbons (Fsp3) is 0.538. The van der Waals surface area contributed by atoms with Crippen molar-refractivity contribution in [3.63, 3.8) is 0 Å². The molecule has 0 fully saturated rings. The largest absolute Gasteiger partial charge is 0.494 e. The monoisotopic (exact) mass is 225 g/mol. The van der Waals surface area contributed by atoms with Gasteiger partial charge in [0, 0.05) is 6.04 Å². The maximum atomic E-state index is 13.5. The standard InChI is InChI=1S/C13H20FNO/c1-9(2)7-12(15-3)10-5-6-13(16-4)11(14)8-10/h5-6,8-9,12,15H,7H2,1-4H3. The van der Waals surface area contributed by atoms with Crippen LogP contribution >= 0.6 is 0 Å². The summed E-state index contributed by atoms with van der Waals surface area (Å²) < 4.78 is 18.4. The minimum atomic E-state index is -0.302. The molecule has 0 spiro atoms. The first-order valence-electron chi connectivity index (χ1n) is 5.59. The van der Waals surface area contributed by atoms with Crippen molar-refractivity contribution in [2.45, 2.75) is 26.3 Å². The van der Waals surface area contributed by atoms with Crippen LogP contribution in [0.1, 0.15) is 31.9 Å². The van der Waals surface area contributed by atoms with E-state index in [1.165, 1.54) is 7.11 Å². The number of rotatable bonds is 5. The molecule has 2 nitrogen and oxygen atoms in total. The number of halogens is 1. The summed E-state index contributed by atoms with van der Waals surface area (Å²) in [6.45, 7) is 4.31. The van der Waals surface area contributed by atoms with Gasteiger partial charge < -0.3 is 10.1 Å². The van der Waals surface area contributed by atoms with Crippen LogP contribution < -0.4 is 10.1 Å². The van der Waals surface area contributed by atoms with Gasteiger partial charge in [-0.15, -0.1) is 0 Å². The van der Waals surface area contributed by atoms with Crippen LogP contribution in [-0.2, 0) is 0 Å². The van der Waals surface area contributed by atoms with Crippen LogP contribution in [0.25, 0.3) is 0 Å². The third kappa shape index (κ3) is 3.20. The van der Waals surface area contributed by atoms with Gasteiger partial charge in [0.05, 0.1) is 7.11 Å². The summed E-state index contributed by atoms with van der Waals surface area (Å²) in [5.74, 6) is 0.565. The third-order valence-electron chi connectivity index (χ3n) is 2.63. The second-order valence-electron chi connectivity index (χ2n) is 4.36. The van der Waals surface area contributed by atoms with Gasteiger partial charge in [-0.25, -0.2) is 4.39 Å². The Morgan fingerprint density at radius 1 is 1.38 bits per heavy atom. The van der Waals surface area contributed by atoms with Crippen molar-refractivity contribution in [1.29, 1.82) is 0 Å². The topological polar surface area (TPSA) is 21.3 Å². The smallest absolute Gasteiger partial charge is 0.165 e. The van der Waals surface area contributed by atoms with Gasteiger partial charge in [0.1, 0.15) is 0 Å². The molecular formula is C13H20FNO. The predicted molar refractivity (Wildman–Crippen MR) is 64.2 cm³/mol. The van der Waals surface area contributed by atoms with E-state index >= 15 is 0 Å². The second-order valence-corrected chi connectivity index (χ2v) is 4.36. The number of nitrogens with one attached hydrogen (secondary N) is 1. The average Bonchev–Trinajstić information content (AvgIpc) is 2.25. The number of hydrogen-bond donors (Lipinski definition) is 1. The molecule has 0 aliphatic carbocycles. The summed E-state index contributed by atoms with van der Waals surface area (Å²) in [4.78, 5) is 0. The molecule has 0 aliphatic rings. The molecule has 16 heavy (non-hydrogen) atoms. The fourth-order valence-corrected chi connectivity index (χ4v) is 1.79. The van der Waals surface area contributed by atoms with Crippen LogP contribution in [0, 0.1) is 11.7 Å². The molecule has 0 radical (unpaired) electrons. The van der Waals surface area contributed by atoms with Crippen LogP contribution in [0.15, 0.2) is 18.2 Å². The van der Waals surface area contributed by atoms with Crippen molar-refractivity contribution in [3.8, 4) is 5.75 Å². The lowest BCUT2D eigenvalue weighted by molar-refractivity contribution is 0.384. The van der Waals surface area contributed by atoms with Crippen LogP contribution in [0.3, 0.4) is 0 Å². The van der Waals surface area contributed by atoms with E-state index in [0.717, 1.165) is 12.0 Å². The van der Waals surface area contributed by atoms with Crippen molar-refractivity contribution in [2.24, 2.45) is 5.92 Å². The molecule has 0 amide bonds. The van der Waals surface area contributed by atoms with E-state index in [4.69, 9.17) is 4.74 Å². The maximum absolute atomic E-state index is 13.5. The number of hydrogen-bond acceptors (Lipinski definition) is 2. The maximum Gasteiger partial charge on any atom is 0.165 e. The van der Waals surface area contributed by atoms with Gasteiger partial charge in [-0.2, -0.15) is 0 Å². The van der Waals surface area contributed by atoms with Gasteiger partial charge in [-0.1, -0.05) is 19.9 Å². The average molecular weight is 225 g/mol. The number of benzene rings is 1. The first kappa shape index (κ1) is 13.0. The SMILES string of the molecule is CNC(CC(C)C)c1ccc(OC)c(F)c1. The lowest BCUT2D eigenvalue weighted by atomic mass is 9.97. The highest BCUT2D eigenvalue weighted by Crippen LogP contribution is 2.25. The van der Waals surface area contributed by atoms with Gasteiger partial charge in [-0.05, 0) is 37.1 Å². The molecule has 0 bridgehead atoms. The Hall–Kier alpha value is -1.09. The summed E-state index contributed by atoms with van der Waals surface area (Å²) in [7, 11) is 3.37. The Labute approximate surface area is 96.8 Å². The van der Waals surface area contributed by atoms with E-state index in [2.05, 4.69) is 19.2 Å². The molecule has 1 N–H and O–H groups in total. The fourth-order valence-electron chi connectivity index (χ4n) is 1.79. The summed E-state index contributed by atoms with van der Waals surface area (Å²) >= 11 is 0. The van der Waals surface area contributed by atoms with E-state index in [9.17, 15) is 4.39 Å². The summed E-state index contributed by atoms with van der Waals surface area (Å²) in [5.41, 5.74) is 0.967. The minimum Gasteiger partial charge on any atom is -0.494 e. The van der Waals surface area contributed by atoms with Crippen LogP contribution in [-0.4, -0.2) is 14.2 Å². The van der Waals surface area contributed by atoms with Gasteiger partial charge in [0.15, 0.2) is 11.6 Å². The Kier molecular flexibility index (Phi) is 4.74. The summed E-state index contributed by atoms with van der Waals surface area (Å²) in [5, 5.41) is 3.21. The first-order chi connectivity index (χ1) is 7.58. The van der Waals surface area contributed by atoms with E-state index < -0.39 is 0 Å². The van der Waals surface area contributed by atoms with Gasteiger partial charge in [0.25, 0.3) is 0 Å². The Morgan fingerprint density at radius 3 is 2.50 bits per heavy atom. The minimum absolute atomic E-state index is 0.195. The zero-order valence-electron chi connectivity index (χ0n) is 10.4. The molecule has 1 rings (SSSR count). The molecule has 1 aromatic carbocycles. The molecule has 0 heterocycles. The van der Waals surface area contributed by atoms with Gasteiger partial charge in [0.2, 0.25) is 0 Å². The normalized spacial score (nSPS) is 12.9. The molecule has 1 atom stereocenters. The Balaban J connectivity index is 2.89. The molecule has 0 saturated heterocycles. The highest BCUT2D eigenvalue weighted by molar-refractivity contribution is 5.31. The van der Waals surface area contributed by atoms with Crippen molar-refractivity contribution in [1.82, 2.24) is 5.32 Å². The van der Waals surface area contributed by atoms with E-state index in [1.54, 1.807) is 12.1 Å². The molecule has 90 valence electrons. The third-order valence-corrected chi connectivity index (χ3v) is 2.63. The van der Waals surface area contributed by atoms with Gasteiger partial charge >= 0.3 is 0 Å². The quantitative estimate of drug-likeness (QED) is 0.831. The number of ether oxygens (including phenoxy) is 1. The molecule has 0 aromatic heterocycles. The van der Waals surface area contributed by atoms with E-state index in [-0.39, 0.29) is 11.9 Å². The van der Waals surface area contributed by atoms with Crippen molar-refractivity contribution >= 4 is 0 Å². The molecular weight excluding hydrogens is 205 g/mol. The highest BCUT2D eigenvalue weighted by Gasteiger charge is 2.13.